The fraction of sp³-hybridized carbons (Fsp3) is 0.433. The summed E-state index contributed by atoms with van der Waals surface area (Å²) in [6.45, 7) is 10.00. The van der Waals surface area contributed by atoms with Crippen LogP contribution >= 0.6 is 11.3 Å². The van der Waals surface area contributed by atoms with Crippen LogP contribution in [-0.2, 0) is 22.7 Å². The first-order valence-electron chi connectivity index (χ1n) is 14.1. The Bertz CT molecular complexity index is 1850. The molecule has 0 saturated carbocycles. The van der Waals surface area contributed by atoms with E-state index < -0.39 is 29.4 Å². The molecule has 0 aliphatic carbocycles. The predicted molar refractivity (Wildman–Crippen MR) is 161 cm³/mol. The van der Waals surface area contributed by atoms with Crippen molar-refractivity contribution in [3.8, 4) is 17.3 Å². The number of nitrogens with one attached hydrogen (secondary N) is 2. The molecule has 230 valence electrons. The quantitative estimate of drug-likeness (QED) is 0.278. The molecule has 0 spiro atoms. The number of nitriles is 1. The van der Waals surface area contributed by atoms with Gasteiger partial charge in [0, 0.05) is 41.7 Å². The van der Waals surface area contributed by atoms with Crippen molar-refractivity contribution in [2.75, 3.05) is 23.3 Å². The molecule has 6 rings (SSSR count). The Morgan fingerprint density at radius 2 is 1.98 bits per heavy atom. The molecular formula is C30H31F2N7O4S. The molecule has 3 aromatic heterocycles. The molecule has 11 nitrogen and oxygen atoms in total. The molecule has 0 radical (unpaired) electrons. The summed E-state index contributed by atoms with van der Waals surface area (Å²) in [6.07, 6.45) is 1.05. The molecule has 44 heavy (non-hydrogen) atoms. The van der Waals surface area contributed by atoms with Crippen LogP contribution in [0, 0.1) is 23.0 Å². The zero-order valence-electron chi connectivity index (χ0n) is 24.8. The van der Waals surface area contributed by atoms with E-state index in [1.807, 2.05) is 19.9 Å². The summed E-state index contributed by atoms with van der Waals surface area (Å²) in [5.41, 5.74) is 0.390. The molecule has 2 aliphatic rings. The van der Waals surface area contributed by atoms with E-state index in [0.717, 1.165) is 17.5 Å². The number of carbonyl (C=O) groups excluding carboxylic acids is 1. The molecule has 1 amide bonds. The highest BCUT2D eigenvalue weighted by Crippen LogP contribution is 2.46. The molecule has 3 N–H and O–H groups in total. The average molecular weight is 624 g/mol. The lowest BCUT2D eigenvalue weighted by Gasteiger charge is -2.19. The first-order chi connectivity index (χ1) is 20.9. The van der Waals surface area contributed by atoms with Gasteiger partial charge in [-0.25, -0.2) is 23.5 Å². The maximum Gasteiger partial charge on any atom is 0.412 e. The maximum absolute atomic E-state index is 16.7. The lowest BCUT2D eigenvalue weighted by atomic mass is 9.94. The van der Waals surface area contributed by atoms with Crippen LogP contribution in [0.4, 0.5) is 24.5 Å². The van der Waals surface area contributed by atoms with Gasteiger partial charge >= 0.3 is 6.09 Å². The number of β-amino-alcohol motifs (C(OH)–C–C–N with tert-alkyl or cyclic N) is 1. The number of aliphatic hydroxyl groups is 1. The van der Waals surface area contributed by atoms with Gasteiger partial charge in [0.1, 0.15) is 22.2 Å². The lowest BCUT2D eigenvalue weighted by Crippen LogP contribution is -2.42. The van der Waals surface area contributed by atoms with E-state index in [2.05, 4.69) is 25.6 Å². The van der Waals surface area contributed by atoms with Crippen LogP contribution < -0.4 is 15.5 Å². The second-order valence-corrected chi connectivity index (χ2v) is 13.2. The highest BCUT2D eigenvalue weighted by Gasteiger charge is 2.35. The van der Waals surface area contributed by atoms with Gasteiger partial charge in [0.05, 0.1) is 47.5 Å². The Morgan fingerprint density at radius 1 is 1.23 bits per heavy atom. The molecule has 4 aromatic rings. The Kier molecular flexibility index (Phi) is 7.61. The van der Waals surface area contributed by atoms with E-state index in [0.29, 0.717) is 23.1 Å². The van der Waals surface area contributed by atoms with Gasteiger partial charge in [0.15, 0.2) is 11.6 Å². The van der Waals surface area contributed by atoms with Crippen LogP contribution in [0.5, 0.6) is 0 Å². The van der Waals surface area contributed by atoms with Gasteiger partial charge in [-0.05, 0) is 31.9 Å². The molecule has 14 heteroatoms. The summed E-state index contributed by atoms with van der Waals surface area (Å²) in [5, 5.41) is 27.2. The number of ether oxygens (including phenoxy) is 2. The summed E-state index contributed by atoms with van der Waals surface area (Å²) >= 11 is 0.840. The molecule has 2 unspecified atom stereocenters. The number of carbonyl (C=O) groups is 1. The van der Waals surface area contributed by atoms with Crippen molar-refractivity contribution in [1.82, 2.24) is 20.3 Å². The number of fused-ring (bicyclic) bond motifs is 4. The molecule has 5 heterocycles. The molecule has 1 aromatic carbocycles. The van der Waals surface area contributed by atoms with Gasteiger partial charge in [-0.2, -0.15) is 5.26 Å². The number of thiophene rings is 1. The second-order valence-electron chi connectivity index (χ2n) is 12.2. The number of hydrogen-bond acceptors (Lipinski definition) is 11. The Labute approximate surface area is 255 Å². The van der Waals surface area contributed by atoms with Gasteiger partial charge in [0.25, 0.3) is 0 Å². The monoisotopic (exact) mass is 623 g/mol. The molecule has 1 fully saturated rings. The zero-order valence-corrected chi connectivity index (χ0v) is 25.6. The number of aliphatic hydroxyl groups excluding tert-OH is 1. The van der Waals surface area contributed by atoms with E-state index in [1.165, 1.54) is 0 Å². The van der Waals surface area contributed by atoms with Gasteiger partial charge in [-0.15, -0.1) is 11.3 Å². The number of amides is 1. The molecular weight excluding hydrogens is 592 g/mol. The van der Waals surface area contributed by atoms with Crippen molar-refractivity contribution in [2.24, 2.45) is 0 Å². The largest absolute Gasteiger partial charge is 0.444 e. The van der Waals surface area contributed by atoms with Crippen molar-refractivity contribution < 1.29 is 28.2 Å². The SMILES string of the molecule is CC(C)NC1CN(c2ncc3c4c(c(-c5ncc(F)c6sc(NC(=O)OC(C)(C)C)c(C#N)c56)c(F)c3n2)COC4)CC1O. The maximum atomic E-state index is 16.7. The van der Waals surface area contributed by atoms with Crippen molar-refractivity contribution in [2.45, 2.75) is 71.6 Å². The number of anilines is 2. The smallest absolute Gasteiger partial charge is 0.412 e. The van der Waals surface area contributed by atoms with Crippen molar-refractivity contribution in [1.29, 1.82) is 5.26 Å². The predicted octanol–water partition coefficient (Wildman–Crippen LogP) is 4.98. The number of nitrogens with zero attached hydrogens (tertiary/aromatic N) is 5. The number of benzene rings is 1. The van der Waals surface area contributed by atoms with Crippen LogP contribution in [0.25, 0.3) is 32.2 Å². The van der Waals surface area contributed by atoms with E-state index in [4.69, 9.17) is 9.47 Å². The summed E-state index contributed by atoms with van der Waals surface area (Å²) in [5.74, 6) is -1.19. The van der Waals surface area contributed by atoms with Crippen LogP contribution in [0.15, 0.2) is 12.4 Å². The summed E-state index contributed by atoms with van der Waals surface area (Å²) in [7, 11) is 0. The van der Waals surface area contributed by atoms with Gasteiger partial charge in [-0.1, -0.05) is 13.8 Å². The van der Waals surface area contributed by atoms with Crippen LogP contribution in [-0.4, -0.2) is 63.0 Å². The topological polar surface area (TPSA) is 146 Å². The van der Waals surface area contributed by atoms with E-state index in [9.17, 15) is 15.2 Å². The number of pyridine rings is 1. The first-order valence-corrected chi connectivity index (χ1v) is 15.0. The molecule has 2 atom stereocenters. The van der Waals surface area contributed by atoms with Crippen LogP contribution in [0.1, 0.15) is 51.3 Å². The standard InChI is InChI=1S/C30H31F2N7O4S/c1-13(2)36-19-9-39(10-20(19)40)28-35-7-15-16-11-42-12-17(16)21(23(32)24(15)37-28)25-22-14(6-33)27(38-29(41)43-30(3,4)5)44-26(22)18(31)8-34-25/h7-8,13,19-20,36,40H,9-12H2,1-5H3,(H,38,41). The minimum atomic E-state index is -0.816. The third-order valence-electron chi connectivity index (χ3n) is 7.44. The van der Waals surface area contributed by atoms with Gasteiger partial charge in [-0.3, -0.25) is 10.3 Å². The average Bonchev–Trinajstić information content (AvgIpc) is 3.66. The minimum Gasteiger partial charge on any atom is -0.444 e. The first kappa shape index (κ1) is 30.0. The Balaban J connectivity index is 1.50. The van der Waals surface area contributed by atoms with Gasteiger partial charge < -0.3 is 24.8 Å². The Morgan fingerprint density at radius 3 is 2.68 bits per heavy atom. The van der Waals surface area contributed by atoms with E-state index in [1.54, 1.807) is 31.9 Å². The number of aromatic nitrogens is 3. The summed E-state index contributed by atoms with van der Waals surface area (Å²) < 4.78 is 42.9. The molecule has 1 saturated heterocycles. The second kappa shape index (κ2) is 11.2. The van der Waals surface area contributed by atoms with E-state index in [-0.39, 0.29) is 75.2 Å². The van der Waals surface area contributed by atoms with Crippen LogP contribution in [0.3, 0.4) is 0 Å². The lowest BCUT2D eigenvalue weighted by molar-refractivity contribution is 0.0636. The van der Waals surface area contributed by atoms with Crippen molar-refractivity contribution >= 4 is 49.4 Å². The number of rotatable bonds is 5. The zero-order chi connectivity index (χ0) is 31.5. The molecule has 2 aliphatic heterocycles. The van der Waals surface area contributed by atoms with Gasteiger partial charge in [0.2, 0.25) is 5.95 Å². The summed E-state index contributed by atoms with van der Waals surface area (Å²) in [6, 6.07) is 1.99. The fourth-order valence-electron chi connectivity index (χ4n) is 5.70. The fourth-order valence-corrected chi connectivity index (χ4v) is 6.73. The highest BCUT2D eigenvalue weighted by atomic mass is 32.1. The van der Waals surface area contributed by atoms with Crippen molar-refractivity contribution in [3.05, 3.63) is 40.7 Å². The van der Waals surface area contributed by atoms with Crippen molar-refractivity contribution in [3.63, 3.8) is 0 Å². The highest BCUT2D eigenvalue weighted by molar-refractivity contribution is 7.23. The Hall–Kier alpha value is -4.03. The number of hydrogen-bond donors (Lipinski definition) is 3. The third kappa shape index (κ3) is 5.30. The summed E-state index contributed by atoms with van der Waals surface area (Å²) in [4.78, 5) is 27.7. The minimum absolute atomic E-state index is 0.0177. The van der Waals surface area contributed by atoms with E-state index >= 15 is 8.78 Å². The third-order valence-corrected chi connectivity index (χ3v) is 8.55. The molecule has 0 bridgehead atoms. The normalized spacial score (nSPS) is 18.3. The van der Waals surface area contributed by atoms with Crippen LogP contribution in [0.2, 0.25) is 0 Å². The number of halogens is 2.